The number of nitrogens with zero attached hydrogens (tertiary/aromatic N) is 5. The number of hydrogen-bond acceptors (Lipinski definition) is 6. The third-order valence-electron chi connectivity index (χ3n) is 2.85. The first-order valence-electron chi connectivity index (χ1n) is 6.31. The number of aryl methyl sites for hydroxylation is 1. The molecule has 2 aromatic heterocycles. The van der Waals surface area contributed by atoms with Crippen LogP contribution in [0.5, 0.6) is 0 Å². The van der Waals surface area contributed by atoms with E-state index in [4.69, 9.17) is 9.68 Å². The number of carbonyl (C=O) groups is 1. The predicted octanol–water partition coefficient (Wildman–Crippen LogP) is 1.59. The van der Waals surface area contributed by atoms with Gasteiger partial charge in [0.05, 0.1) is 11.6 Å². The summed E-state index contributed by atoms with van der Waals surface area (Å²) >= 11 is 0. The summed E-state index contributed by atoms with van der Waals surface area (Å²) in [4.78, 5) is 12.0. The van der Waals surface area contributed by atoms with Crippen molar-refractivity contribution in [3.63, 3.8) is 0 Å². The zero-order valence-corrected chi connectivity index (χ0v) is 11.5. The van der Waals surface area contributed by atoms with E-state index in [0.717, 1.165) is 0 Å². The highest BCUT2D eigenvalue weighted by Crippen LogP contribution is 2.17. The molecular weight excluding hydrogens is 284 g/mol. The first-order chi connectivity index (χ1) is 10.7. The summed E-state index contributed by atoms with van der Waals surface area (Å²) in [6.07, 6.45) is 1.74. The van der Waals surface area contributed by atoms with Crippen LogP contribution in [-0.2, 0) is 7.05 Å². The van der Waals surface area contributed by atoms with Crippen LogP contribution < -0.4 is 5.32 Å². The minimum absolute atomic E-state index is 0.0185. The molecule has 3 aromatic rings. The maximum Gasteiger partial charge on any atom is 0.322 e. The average Bonchev–Trinajstić information content (AvgIpc) is 3.16. The minimum atomic E-state index is -0.402. The molecule has 0 aliphatic rings. The number of carbonyl (C=O) groups excluding carboxylic acids is 1. The Morgan fingerprint density at radius 3 is 2.68 bits per heavy atom. The van der Waals surface area contributed by atoms with Crippen LogP contribution in [0.2, 0.25) is 0 Å². The molecule has 1 amide bonds. The molecule has 108 valence electrons. The van der Waals surface area contributed by atoms with Crippen LogP contribution in [0.1, 0.15) is 15.9 Å². The van der Waals surface area contributed by atoms with Crippen molar-refractivity contribution in [1.29, 1.82) is 5.26 Å². The smallest absolute Gasteiger partial charge is 0.322 e. The first kappa shape index (κ1) is 13.5. The lowest BCUT2D eigenvalue weighted by Gasteiger charge is -2.00. The summed E-state index contributed by atoms with van der Waals surface area (Å²) in [5, 5.41) is 22.9. The molecule has 0 spiro atoms. The molecule has 8 nitrogen and oxygen atoms in total. The Kier molecular flexibility index (Phi) is 3.37. The van der Waals surface area contributed by atoms with Gasteiger partial charge in [-0.2, -0.15) is 10.4 Å². The fourth-order valence-corrected chi connectivity index (χ4v) is 1.77. The number of aromatic nitrogens is 4. The van der Waals surface area contributed by atoms with E-state index in [1.165, 1.54) is 0 Å². The van der Waals surface area contributed by atoms with Gasteiger partial charge in [-0.1, -0.05) is 5.10 Å². The lowest BCUT2D eigenvalue weighted by Crippen LogP contribution is -2.11. The highest BCUT2D eigenvalue weighted by atomic mass is 16.4. The molecule has 0 fully saturated rings. The van der Waals surface area contributed by atoms with Gasteiger partial charge < -0.3 is 4.42 Å². The SMILES string of the molecule is Cn1ccc(-c2nnc(NC(=O)c3ccc(C#N)cc3)o2)n1. The van der Waals surface area contributed by atoms with Crippen LogP contribution in [-0.4, -0.2) is 25.9 Å². The van der Waals surface area contributed by atoms with E-state index in [0.29, 0.717) is 16.8 Å². The van der Waals surface area contributed by atoms with Crippen molar-refractivity contribution >= 4 is 11.9 Å². The Morgan fingerprint density at radius 2 is 2.05 bits per heavy atom. The molecule has 1 N–H and O–H groups in total. The van der Waals surface area contributed by atoms with Gasteiger partial charge in [-0.05, 0) is 30.3 Å². The number of rotatable bonds is 3. The van der Waals surface area contributed by atoms with Crippen molar-refractivity contribution in [1.82, 2.24) is 20.0 Å². The van der Waals surface area contributed by atoms with Gasteiger partial charge in [0.25, 0.3) is 11.8 Å². The Balaban J connectivity index is 1.74. The molecule has 0 bridgehead atoms. The highest BCUT2D eigenvalue weighted by molar-refractivity contribution is 6.03. The summed E-state index contributed by atoms with van der Waals surface area (Å²) in [5.74, 6) is -0.184. The van der Waals surface area contributed by atoms with Gasteiger partial charge in [0.2, 0.25) is 0 Å². The maximum atomic E-state index is 12.0. The number of nitriles is 1. The minimum Gasteiger partial charge on any atom is -0.401 e. The molecule has 0 saturated heterocycles. The highest BCUT2D eigenvalue weighted by Gasteiger charge is 2.14. The fraction of sp³-hybridized carbons (Fsp3) is 0.0714. The van der Waals surface area contributed by atoms with E-state index in [-0.39, 0.29) is 11.9 Å². The monoisotopic (exact) mass is 294 g/mol. The molecule has 22 heavy (non-hydrogen) atoms. The molecule has 0 unspecified atom stereocenters. The van der Waals surface area contributed by atoms with E-state index in [1.54, 1.807) is 48.3 Å². The van der Waals surface area contributed by atoms with Crippen molar-refractivity contribution in [3.8, 4) is 17.7 Å². The predicted molar refractivity (Wildman–Crippen MR) is 75.6 cm³/mol. The molecule has 1 aromatic carbocycles. The Hall–Kier alpha value is -3.47. The molecule has 0 radical (unpaired) electrons. The number of hydrogen-bond donors (Lipinski definition) is 1. The Labute approximate surface area is 125 Å². The quantitative estimate of drug-likeness (QED) is 0.785. The van der Waals surface area contributed by atoms with Crippen molar-refractivity contribution in [2.75, 3.05) is 5.32 Å². The molecule has 0 aliphatic carbocycles. The van der Waals surface area contributed by atoms with Crippen molar-refractivity contribution in [2.24, 2.45) is 7.05 Å². The average molecular weight is 294 g/mol. The van der Waals surface area contributed by atoms with Crippen LogP contribution in [0.4, 0.5) is 6.01 Å². The second-order valence-corrected chi connectivity index (χ2v) is 4.43. The molecular formula is C14H10N6O2. The first-order valence-corrected chi connectivity index (χ1v) is 6.31. The van der Waals surface area contributed by atoms with E-state index in [1.807, 2.05) is 6.07 Å². The summed E-state index contributed by atoms with van der Waals surface area (Å²) < 4.78 is 6.94. The van der Waals surface area contributed by atoms with E-state index < -0.39 is 5.91 Å². The van der Waals surface area contributed by atoms with Crippen LogP contribution in [0.3, 0.4) is 0 Å². The molecule has 2 heterocycles. The second kappa shape index (κ2) is 5.49. The van der Waals surface area contributed by atoms with Gasteiger partial charge in [0.1, 0.15) is 5.69 Å². The topological polar surface area (TPSA) is 110 Å². The zero-order valence-electron chi connectivity index (χ0n) is 11.5. The molecule has 3 rings (SSSR count). The van der Waals surface area contributed by atoms with Gasteiger partial charge in [-0.3, -0.25) is 14.8 Å². The van der Waals surface area contributed by atoms with Gasteiger partial charge in [-0.25, -0.2) is 0 Å². The van der Waals surface area contributed by atoms with E-state index >= 15 is 0 Å². The summed E-state index contributed by atoms with van der Waals surface area (Å²) in [5.41, 5.74) is 1.39. The van der Waals surface area contributed by atoms with Crippen molar-refractivity contribution in [2.45, 2.75) is 0 Å². The number of benzene rings is 1. The molecule has 8 heteroatoms. The Morgan fingerprint density at radius 1 is 1.27 bits per heavy atom. The van der Waals surface area contributed by atoms with Gasteiger partial charge in [-0.15, -0.1) is 5.10 Å². The van der Waals surface area contributed by atoms with Crippen molar-refractivity contribution < 1.29 is 9.21 Å². The van der Waals surface area contributed by atoms with Crippen LogP contribution in [0.25, 0.3) is 11.6 Å². The third-order valence-corrected chi connectivity index (χ3v) is 2.85. The van der Waals surface area contributed by atoms with Gasteiger partial charge in [0.15, 0.2) is 0 Å². The van der Waals surface area contributed by atoms with E-state index in [2.05, 4.69) is 20.6 Å². The van der Waals surface area contributed by atoms with Crippen LogP contribution in [0.15, 0.2) is 40.9 Å². The molecule has 0 aliphatic heterocycles. The lowest BCUT2D eigenvalue weighted by atomic mass is 10.1. The largest absolute Gasteiger partial charge is 0.401 e. The summed E-state index contributed by atoms with van der Waals surface area (Å²) in [6.45, 7) is 0. The van der Waals surface area contributed by atoms with Gasteiger partial charge in [0, 0.05) is 18.8 Å². The summed E-state index contributed by atoms with van der Waals surface area (Å²) in [7, 11) is 1.77. The number of nitrogens with one attached hydrogen (secondary N) is 1. The number of amides is 1. The molecule has 0 saturated carbocycles. The number of anilines is 1. The second-order valence-electron chi connectivity index (χ2n) is 4.43. The maximum absolute atomic E-state index is 12.0. The van der Waals surface area contributed by atoms with Crippen LogP contribution in [0, 0.1) is 11.3 Å². The zero-order chi connectivity index (χ0) is 15.5. The lowest BCUT2D eigenvalue weighted by molar-refractivity contribution is 0.102. The summed E-state index contributed by atoms with van der Waals surface area (Å²) in [6, 6.07) is 9.89. The third kappa shape index (κ3) is 2.69. The van der Waals surface area contributed by atoms with Gasteiger partial charge >= 0.3 is 6.01 Å². The fourth-order valence-electron chi connectivity index (χ4n) is 1.77. The molecule has 0 atom stereocenters. The standard InChI is InChI=1S/C14H10N6O2/c1-20-7-6-11(19-20)13-17-18-14(22-13)16-12(21)10-4-2-9(8-15)3-5-10/h2-7H,1H3,(H,16,18,21). The normalized spacial score (nSPS) is 10.2. The van der Waals surface area contributed by atoms with Crippen molar-refractivity contribution in [3.05, 3.63) is 47.7 Å². The van der Waals surface area contributed by atoms with Crippen LogP contribution >= 0.6 is 0 Å². The van der Waals surface area contributed by atoms with E-state index in [9.17, 15) is 4.79 Å². The Bertz CT molecular complexity index is 856.